The van der Waals surface area contributed by atoms with Gasteiger partial charge >= 0.3 is 0 Å². The predicted molar refractivity (Wildman–Crippen MR) is 25.6 cm³/mol. The molecule has 0 saturated heterocycles. The summed E-state index contributed by atoms with van der Waals surface area (Å²) in [4.78, 5) is 8.11. The Morgan fingerprint density at radius 1 is 1.60 bits per heavy atom. The first-order valence-electron chi connectivity index (χ1n) is 0.583. The van der Waals surface area contributed by atoms with Crippen molar-refractivity contribution < 1.29 is 5.21 Å². The Balaban J connectivity index is 0. The highest BCUT2D eigenvalue weighted by molar-refractivity contribution is 8.59. The van der Waals surface area contributed by atoms with E-state index in [9.17, 15) is 0 Å². The van der Waals surface area contributed by atoms with Gasteiger partial charge < -0.3 is 5.21 Å². The molecule has 5 heteroatoms. The summed E-state index contributed by atoms with van der Waals surface area (Å²) in [7, 11) is 0. The number of hydrogen-bond donors (Lipinski definition) is 3. The van der Waals surface area contributed by atoms with Crippen LogP contribution in [0.3, 0.4) is 0 Å². The molecule has 0 aromatic carbocycles. The molecule has 0 atom stereocenters. The number of hydrogen-bond acceptors (Lipinski definition) is 4. The van der Waals surface area contributed by atoms with Crippen molar-refractivity contribution in [2.75, 3.05) is 0 Å². The summed E-state index contributed by atoms with van der Waals surface area (Å²) in [5, 5.41) is 7.89. The molecule has 0 aliphatic heterocycles. The average Bonchev–Trinajstić information content (AvgIpc) is 1.46. The second-order valence-electron chi connectivity index (χ2n) is 0.0816. The van der Waals surface area contributed by atoms with Crippen LogP contribution in [0, 0.1) is 4.91 Å². The maximum atomic E-state index is 8.11. The monoisotopic (exact) mass is 113 g/mol. The molecule has 0 aliphatic carbocycles. The molecule has 0 saturated carbocycles. The van der Waals surface area contributed by atoms with Gasteiger partial charge in [-0.1, -0.05) is 0 Å². The van der Waals surface area contributed by atoms with E-state index in [1.807, 2.05) is 0 Å². The molecule has 0 bridgehead atoms. The maximum absolute atomic E-state index is 8.11. The van der Waals surface area contributed by atoms with Gasteiger partial charge in [-0.15, -0.1) is 28.2 Å². The predicted octanol–water partition coefficient (Wildman–Crippen LogP) is 0.903. The summed E-state index contributed by atoms with van der Waals surface area (Å²) in [5.74, 6) is 0. The zero-order valence-electron chi connectivity index (χ0n) is 2.20. The Hall–Kier alpha value is 0.1000. The third kappa shape index (κ3) is 1810. The lowest BCUT2D eigenvalue weighted by atomic mass is 13.4. The summed E-state index contributed by atoms with van der Waals surface area (Å²) in [6.07, 6.45) is 0. The normalized spacial score (nSPS) is 3.60. The summed E-state index contributed by atoms with van der Waals surface area (Å²) in [6, 6.07) is 0. The van der Waals surface area contributed by atoms with E-state index in [2.05, 4.69) is 23.3 Å². The van der Waals surface area contributed by atoms with Gasteiger partial charge in [-0.2, -0.15) is 0 Å². The van der Waals surface area contributed by atoms with E-state index in [-0.39, 0.29) is 0 Å². The highest BCUT2D eigenvalue weighted by atomic mass is 33.1. The molecule has 3 nitrogen and oxygen atoms in total. The van der Waals surface area contributed by atoms with E-state index in [0.717, 1.165) is 0 Å². The second kappa shape index (κ2) is 32.6. The van der Waals surface area contributed by atoms with Crippen LogP contribution < -0.4 is 0 Å². The molecule has 32 valence electrons. The summed E-state index contributed by atoms with van der Waals surface area (Å²) in [6.45, 7) is 0. The molecule has 0 aromatic rings. The third-order valence-electron chi connectivity index (χ3n) is 0. The lowest BCUT2D eigenvalue weighted by molar-refractivity contribution is 0.312. The van der Waals surface area contributed by atoms with Gasteiger partial charge in [0.2, 0.25) is 0 Å². The fraction of sp³-hybridized carbons (Fsp3) is 0. The van der Waals surface area contributed by atoms with Gasteiger partial charge in [0.1, 0.15) is 0 Å². The van der Waals surface area contributed by atoms with Gasteiger partial charge in [0.15, 0.2) is 5.34 Å². The SMILES string of the molecule is O=NO.SS. The van der Waals surface area contributed by atoms with Crippen molar-refractivity contribution in [3.63, 3.8) is 0 Å². The minimum atomic E-state index is 1.25. The lowest BCUT2D eigenvalue weighted by Gasteiger charge is -1.32. The smallest absolute Gasteiger partial charge is 0.152 e. The van der Waals surface area contributed by atoms with Gasteiger partial charge in [-0.3, -0.25) is 0 Å². The third-order valence-corrected chi connectivity index (χ3v) is 0. The van der Waals surface area contributed by atoms with Crippen LogP contribution >= 0.6 is 23.3 Å². The van der Waals surface area contributed by atoms with Crippen LogP contribution in [0.15, 0.2) is 5.34 Å². The van der Waals surface area contributed by atoms with E-state index in [4.69, 9.17) is 10.1 Å². The first-order chi connectivity index (χ1) is 2.41. The van der Waals surface area contributed by atoms with Crippen molar-refractivity contribution in [3.8, 4) is 0 Å². The van der Waals surface area contributed by atoms with E-state index in [1.54, 1.807) is 0 Å². The number of rotatable bonds is 0. The first-order valence-corrected chi connectivity index (χ1v) is 2.18. The van der Waals surface area contributed by atoms with Crippen molar-refractivity contribution in [2.24, 2.45) is 5.34 Å². The van der Waals surface area contributed by atoms with E-state index in [0.29, 0.717) is 0 Å². The Morgan fingerprint density at radius 2 is 1.60 bits per heavy atom. The quantitative estimate of drug-likeness (QED) is 0.189. The maximum Gasteiger partial charge on any atom is 0.152 e. The van der Waals surface area contributed by atoms with Gasteiger partial charge in [0.25, 0.3) is 0 Å². The van der Waals surface area contributed by atoms with Crippen molar-refractivity contribution in [1.29, 1.82) is 0 Å². The second-order valence-corrected chi connectivity index (χ2v) is 0.0816. The molecule has 0 fully saturated rings. The van der Waals surface area contributed by atoms with Crippen LogP contribution in [-0.2, 0) is 0 Å². The van der Waals surface area contributed by atoms with Crippen LogP contribution in [0.4, 0.5) is 0 Å². The highest BCUT2D eigenvalue weighted by Gasteiger charge is 1.18. The molecule has 0 heterocycles. The fourth-order valence-electron chi connectivity index (χ4n) is 0. The molecule has 1 N–H and O–H groups in total. The standard InChI is InChI=1S/HNO2.H2S2/c2-1-3;1-2/h(H,2,3);1-2H. The topological polar surface area (TPSA) is 49.7 Å². The van der Waals surface area contributed by atoms with Crippen LogP contribution in [0.5, 0.6) is 0 Å². The Labute approximate surface area is 39.5 Å². The Morgan fingerprint density at radius 3 is 1.60 bits per heavy atom. The average molecular weight is 113 g/mol. The summed E-state index contributed by atoms with van der Waals surface area (Å²) < 4.78 is 0. The lowest BCUT2D eigenvalue weighted by Crippen LogP contribution is -1.25. The number of nitrogens with zero attached hydrogens (tertiary/aromatic N) is 1. The summed E-state index contributed by atoms with van der Waals surface area (Å²) >= 11 is 6.44. The largest absolute Gasteiger partial charge is 0.379 e. The van der Waals surface area contributed by atoms with Crippen molar-refractivity contribution in [3.05, 3.63) is 4.91 Å². The minimum Gasteiger partial charge on any atom is -0.379 e. The minimum absolute atomic E-state index is 1.25. The van der Waals surface area contributed by atoms with E-state index in [1.165, 1.54) is 5.34 Å². The van der Waals surface area contributed by atoms with Crippen LogP contribution in [0.25, 0.3) is 0 Å². The Kier molecular flexibility index (Phi) is 58.1. The van der Waals surface area contributed by atoms with Gasteiger partial charge in [-0.05, 0) is 0 Å². The molecular weight excluding hydrogens is 110 g/mol. The molecule has 0 rings (SSSR count). The van der Waals surface area contributed by atoms with Crippen LogP contribution in [-0.4, -0.2) is 5.21 Å². The van der Waals surface area contributed by atoms with Crippen molar-refractivity contribution >= 4 is 23.3 Å². The molecule has 0 amide bonds. The number of thiol groups is 2. The fourth-order valence-corrected chi connectivity index (χ4v) is 0. The zero-order chi connectivity index (χ0) is 4.71. The molecule has 5 heavy (non-hydrogen) atoms. The van der Waals surface area contributed by atoms with Gasteiger partial charge in [0, 0.05) is 0 Å². The highest BCUT2D eigenvalue weighted by Crippen LogP contribution is 1.65. The molecular formula is H3NO2S2. The van der Waals surface area contributed by atoms with Crippen molar-refractivity contribution in [1.82, 2.24) is 0 Å². The molecule has 0 aromatic heterocycles. The van der Waals surface area contributed by atoms with Crippen LogP contribution in [0.2, 0.25) is 0 Å². The van der Waals surface area contributed by atoms with Gasteiger partial charge in [-0.25, -0.2) is 0 Å². The molecule has 0 aliphatic rings. The first kappa shape index (κ1) is 8.92. The van der Waals surface area contributed by atoms with Crippen molar-refractivity contribution in [2.45, 2.75) is 0 Å². The van der Waals surface area contributed by atoms with Gasteiger partial charge in [0.05, 0.1) is 0 Å². The molecule has 0 radical (unpaired) electrons. The Bertz CT molecular complexity index is 15.1. The summed E-state index contributed by atoms with van der Waals surface area (Å²) in [5.41, 5.74) is 0. The zero-order valence-corrected chi connectivity index (χ0v) is 3.99. The van der Waals surface area contributed by atoms with E-state index < -0.39 is 0 Å². The van der Waals surface area contributed by atoms with Crippen LogP contribution in [0.1, 0.15) is 0 Å². The molecule has 0 spiro atoms. The molecule has 0 unspecified atom stereocenters. The van der Waals surface area contributed by atoms with E-state index >= 15 is 0 Å².